The maximum absolute atomic E-state index is 12.4. The van der Waals surface area contributed by atoms with Crippen molar-refractivity contribution >= 4 is 21.7 Å². The largest absolute Gasteiger partial charge is 0.573 e. The Morgan fingerprint density at radius 2 is 1.85 bits per heavy atom. The van der Waals surface area contributed by atoms with E-state index in [4.69, 9.17) is 4.74 Å². The summed E-state index contributed by atoms with van der Waals surface area (Å²) in [6.45, 7) is 5.95. The van der Waals surface area contributed by atoms with Gasteiger partial charge in [-0.2, -0.15) is 0 Å². The number of nitrogens with one attached hydrogen (secondary N) is 1. The second-order valence-corrected chi connectivity index (χ2v) is 6.62. The summed E-state index contributed by atoms with van der Waals surface area (Å²) in [5.41, 5.74) is 1.65. The van der Waals surface area contributed by atoms with Crippen molar-refractivity contribution in [2.75, 3.05) is 12.4 Å². The molecule has 2 rings (SSSR count). The molecule has 1 heterocycles. The molecule has 0 saturated heterocycles. The molecule has 148 valence electrons. The van der Waals surface area contributed by atoms with E-state index in [2.05, 4.69) is 49.8 Å². The lowest BCUT2D eigenvalue weighted by molar-refractivity contribution is -0.274. The van der Waals surface area contributed by atoms with Crippen LogP contribution in [-0.4, -0.2) is 29.5 Å². The van der Waals surface area contributed by atoms with Crippen molar-refractivity contribution < 1.29 is 22.6 Å². The fraction of sp³-hybridized carbons (Fsp3) is 0.444. The van der Waals surface area contributed by atoms with Crippen molar-refractivity contribution in [3.8, 4) is 22.8 Å². The van der Waals surface area contributed by atoms with Gasteiger partial charge in [0.25, 0.3) is 0 Å². The number of hydrogen-bond acceptors (Lipinski definition) is 5. The number of hydrogen-bond donors (Lipinski definition) is 1. The third-order valence-corrected chi connectivity index (χ3v) is 4.57. The van der Waals surface area contributed by atoms with E-state index in [0.717, 1.165) is 12.8 Å². The second-order valence-electron chi connectivity index (χ2n) is 5.86. The molecule has 27 heavy (non-hydrogen) atoms. The smallest absolute Gasteiger partial charge is 0.496 e. The second kappa shape index (κ2) is 8.77. The Bertz CT molecular complexity index is 796. The van der Waals surface area contributed by atoms with Crippen molar-refractivity contribution in [2.45, 2.75) is 46.0 Å². The number of aromatic nitrogens is 2. The minimum absolute atomic E-state index is 0.210. The van der Waals surface area contributed by atoms with Crippen LogP contribution in [0.4, 0.5) is 19.0 Å². The summed E-state index contributed by atoms with van der Waals surface area (Å²) in [5.74, 6) is 0.475. The van der Waals surface area contributed by atoms with E-state index in [-0.39, 0.29) is 17.5 Å². The predicted octanol–water partition coefficient (Wildman–Crippen LogP) is 5.72. The summed E-state index contributed by atoms with van der Waals surface area (Å²) in [5, 5.41) is 3.33. The van der Waals surface area contributed by atoms with Gasteiger partial charge >= 0.3 is 6.36 Å². The Morgan fingerprint density at radius 1 is 1.19 bits per heavy atom. The highest BCUT2D eigenvalue weighted by atomic mass is 79.9. The Morgan fingerprint density at radius 3 is 2.41 bits per heavy atom. The monoisotopic (exact) mass is 447 g/mol. The molecule has 0 radical (unpaired) electrons. The van der Waals surface area contributed by atoms with Crippen LogP contribution in [0.2, 0.25) is 0 Å². The molecule has 1 aromatic carbocycles. The molecular formula is C18H21BrF3N3O2. The van der Waals surface area contributed by atoms with E-state index in [1.165, 1.54) is 25.3 Å². The Balaban J connectivity index is 2.41. The number of ether oxygens (including phenoxy) is 2. The summed E-state index contributed by atoms with van der Waals surface area (Å²) >= 11 is 3.42. The fourth-order valence-corrected chi connectivity index (χ4v) is 2.98. The van der Waals surface area contributed by atoms with Gasteiger partial charge in [0.2, 0.25) is 0 Å². The highest BCUT2D eigenvalue weighted by Crippen LogP contribution is 2.36. The van der Waals surface area contributed by atoms with Crippen molar-refractivity contribution in [1.29, 1.82) is 0 Å². The van der Waals surface area contributed by atoms with Crippen molar-refractivity contribution in [3.63, 3.8) is 0 Å². The molecule has 5 nitrogen and oxygen atoms in total. The van der Waals surface area contributed by atoms with Gasteiger partial charge in [-0.3, -0.25) is 0 Å². The number of halogens is 4. The molecule has 0 unspecified atom stereocenters. The number of aryl methyl sites for hydroxylation is 1. The van der Waals surface area contributed by atoms with Crippen molar-refractivity contribution in [3.05, 3.63) is 28.5 Å². The average Bonchev–Trinajstić information content (AvgIpc) is 2.60. The minimum atomic E-state index is -4.77. The van der Waals surface area contributed by atoms with Gasteiger partial charge in [0.15, 0.2) is 5.82 Å². The Labute approximate surface area is 164 Å². The molecule has 0 amide bonds. The van der Waals surface area contributed by atoms with Crippen LogP contribution in [0.5, 0.6) is 11.5 Å². The topological polar surface area (TPSA) is 56.3 Å². The summed E-state index contributed by atoms with van der Waals surface area (Å²) in [7, 11) is 1.37. The van der Waals surface area contributed by atoms with Gasteiger partial charge < -0.3 is 14.8 Å². The Hall–Kier alpha value is -2.03. The van der Waals surface area contributed by atoms with Gasteiger partial charge in [0, 0.05) is 17.7 Å². The molecular weight excluding hydrogens is 427 g/mol. The maximum atomic E-state index is 12.4. The number of anilines is 1. The maximum Gasteiger partial charge on any atom is 0.573 e. The van der Waals surface area contributed by atoms with E-state index in [9.17, 15) is 13.2 Å². The molecule has 2 aromatic rings. The van der Waals surface area contributed by atoms with E-state index in [1.807, 2.05) is 0 Å². The van der Waals surface area contributed by atoms with Gasteiger partial charge in [0.1, 0.15) is 16.1 Å². The van der Waals surface area contributed by atoms with E-state index in [1.54, 1.807) is 6.92 Å². The number of nitrogens with zero attached hydrogens (tertiary/aromatic N) is 2. The molecule has 0 spiro atoms. The third kappa shape index (κ3) is 5.47. The van der Waals surface area contributed by atoms with Crippen LogP contribution in [0, 0.1) is 6.92 Å². The quantitative estimate of drug-likeness (QED) is 0.587. The SMILES string of the molecule is CCC(CC)Nc1nc(C)c(-c2ccc(OC(F)(F)F)cc2OC)nc1Br. The normalized spacial score (nSPS) is 11.6. The van der Waals surface area contributed by atoms with Gasteiger partial charge in [-0.05, 0) is 47.8 Å². The molecule has 0 fully saturated rings. The summed E-state index contributed by atoms with van der Waals surface area (Å²) < 4.78 is 47.0. The molecule has 0 bridgehead atoms. The zero-order valence-electron chi connectivity index (χ0n) is 15.4. The molecule has 0 aliphatic rings. The number of alkyl halides is 3. The van der Waals surface area contributed by atoms with Crippen molar-refractivity contribution in [1.82, 2.24) is 9.97 Å². The van der Waals surface area contributed by atoms with Crippen molar-refractivity contribution in [2.24, 2.45) is 0 Å². The lowest BCUT2D eigenvalue weighted by Gasteiger charge is -2.18. The first-order chi connectivity index (χ1) is 12.7. The van der Waals surface area contributed by atoms with Crippen LogP contribution in [0.15, 0.2) is 22.8 Å². The van der Waals surface area contributed by atoms with Crippen LogP contribution in [0.1, 0.15) is 32.4 Å². The van der Waals surface area contributed by atoms with Crippen LogP contribution in [-0.2, 0) is 0 Å². The zero-order valence-corrected chi connectivity index (χ0v) is 17.0. The molecule has 0 aliphatic carbocycles. The van der Waals surface area contributed by atoms with E-state index in [0.29, 0.717) is 27.4 Å². The zero-order chi connectivity index (χ0) is 20.2. The first-order valence-corrected chi connectivity index (χ1v) is 9.22. The van der Waals surface area contributed by atoms with Crippen LogP contribution >= 0.6 is 15.9 Å². The van der Waals surface area contributed by atoms with Crippen LogP contribution in [0.3, 0.4) is 0 Å². The van der Waals surface area contributed by atoms with Gasteiger partial charge in [-0.15, -0.1) is 13.2 Å². The molecule has 0 atom stereocenters. The third-order valence-electron chi connectivity index (χ3n) is 4.02. The highest BCUT2D eigenvalue weighted by Gasteiger charge is 2.31. The first-order valence-electron chi connectivity index (χ1n) is 8.43. The molecule has 0 aliphatic heterocycles. The van der Waals surface area contributed by atoms with Gasteiger partial charge in [-0.25, -0.2) is 9.97 Å². The summed E-state index contributed by atoms with van der Waals surface area (Å²) in [6, 6.07) is 4.14. The average molecular weight is 448 g/mol. The molecule has 1 aromatic heterocycles. The first kappa shape index (κ1) is 21.3. The Kier molecular flexibility index (Phi) is 6.91. The summed E-state index contributed by atoms with van der Waals surface area (Å²) in [6.07, 6.45) is -2.88. The predicted molar refractivity (Wildman–Crippen MR) is 101 cm³/mol. The highest BCUT2D eigenvalue weighted by molar-refractivity contribution is 9.10. The molecule has 0 saturated carbocycles. The van der Waals surface area contributed by atoms with Gasteiger partial charge in [0.05, 0.1) is 18.5 Å². The molecule has 9 heteroatoms. The fourth-order valence-electron chi connectivity index (χ4n) is 2.60. The minimum Gasteiger partial charge on any atom is -0.496 e. The number of rotatable bonds is 7. The van der Waals surface area contributed by atoms with Crippen LogP contribution < -0.4 is 14.8 Å². The number of benzene rings is 1. The standard InChI is InChI=1S/C18H21BrF3N3O2/c1-5-11(6-2)24-17-16(19)25-15(10(3)23-17)13-8-7-12(9-14(13)26-4)27-18(20,21)22/h7-9,11H,5-6H2,1-4H3,(H,23,24). The summed E-state index contributed by atoms with van der Waals surface area (Å²) in [4.78, 5) is 9.08. The van der Waals surface area contributed by atoms with E-state index >= 15 is 0 Å². The van der Waals surface area contributed by atoms with Crippen LogP contribution in [0.25, 0.3) is 11.3 Å². The van der Waals surface area contributed by atoms with E-state index < -0.39 is 6.36 Å². The number of methoxy groups -OCH3 is 1. The lowest BCUT2D eigenvalue weighted by atomic mass is 10.1. The molecule has 1 N–H and O–H groups in total. The van der Waals surface area contributed by atoms with Gasteiger partial charge in [-0.1, -0.05) is 13.8 Å². The lowest BCUT2D eigenvalue weighted by Crippen LogP contribution is -2.19.